The van der Waals surface area contributed by atoms with Gasteiger partial charge >= 0.3 is 0 Å². The molecule has 1 atom stereocenters. The maximum atomic E-state index is 13.0. The molecule has 1 unspecified atom stereocenters. The molecule has 1 aliphatic carbocycles. The highest BCUT2D eigenvalue weighted by atomic mass is 16.2. The van der Waals surface area contributed by atoms with Crippen LogP contribution in [0.5, 0.6) is 0 Å². The Bertz CT molecular complexity index is 1000. The van der Waals surface area contributed by atoms with Gasteiger partial charge in [-0.25, -0.2) is 0 Å². The SMILES string of the molecule is Cc1ccc(C(NC(=O)C2CCN(c3ccc4nnnn4n3)CC2)C2CC2)cc1. The normalized spacial score (nSPS) is 18.7. The predicted molar refractivity (Wildman–Crippen MR) is 108 cm³/mol. The fourth-order valence-electron chi connectivity index (χ4n) is 4.13. The molecule has 5 rings (SSSR count). The third kappa shape index (κ3) is 3.79. The molecule has 1 aliphatic heterocycles. The Morgan fingerprint density at radius 3 is 2.55 bits per heavy atom. The minimum Gasteiger partial charge on any atom is -0.355 e. The van der Waals surface area contributed by atoms with Crippen LogP contribution in [0.2, 0.25) is 0 Å². The average molecular weight is 391 g/mol. The standard InChI is InChI=1S/C21H25N7O/c1-14-2-4-15(5-3-14)20(16-6-7-16)22-21(29)17-10-12-27(13-11-17)19-9-8-18-23-25-26-28(18)24-19/h2-5,8-9,16-17,20H,6-7,10-13H2,1H3,(H,22,29). The number of aryl methyl sites for hydroxylation is 1. The van der Waals surface area contributed by atoms with E-state index in [-0.39, 0.29) is 17.9 Å². The molecule has 2 fully saturated rings. The van der Waals surface area contributed by atoms with Crippen LogP contribution in [-0.2, 0) is 4.79 Å². The van der Waals surface area contributed by atoms with E-state index in [1.807, 2.05) is 12.1 Å². The molecule has 2 aliphatic rings. The van der Waals surface area contributed by atoms with E-state index in [9.17, 15) is 4.79 Å². The quantitative estimate of drug-likeness (QED) is 0.718. The second-order valence-corrected chi connectivity index (χ2v) is 8.21. The molecular formula is C21H25N7O. The maximum Gasteiger partial charge on any atom is 0.223 e. The van der Waals surface area contributed by atoms with Gasteiger partial charge in [-0.2, -0.15) is 0 Å². The Morgan fingerprint density at radius 1 is 1.07 bits per heavy atom. The molecule has 0 spiro atoms. The van der Waals surface area contributed by atoms with Crippen LogP contribution in [-0.4, -0.2) is 44.3 Å². The number of rotatable bonds is 5. The first-order valence-corrected chi connectivity index (χ1v) is 10.3. The number of benzene rings is 1. The fraction of sp³-hybridized carbons (Fsp3) is 0.476. The van der Waals surface area contributed by atoms with Gasteiger partial charge in [0.1, 0.15) is 0 Å². The smallest absolute Gasteiger partial charge is 0.223 e. The minimum atomic E-state index is 0.0507. The predicted octanol–water partition coefficient (Wildman–Crippen LogP) is 2.31. The molecule has 1 saturated heterocycles. The van der Waals surface area contributed by atoms with Gasteiger partial charge in [-0.15, -0.1) is 14.8 Å². The fourth-order valence-corrected chi connectivity index (χ4v) is 4.13. The number of hydrogen-bond acceptors (Lipinski definition) is 6. The number of amides is 1. The highest BCUT2D eigenvalue weighted by molar-refractivity contribution is 5.79. The number of piperidine rings is 1. The molecule has 0 bridgehead atoms. The van der Waals surface area contributed by atoms with Crippen molar-refractivity contribution in [2.24, 2.45) is 11.8 Å². The third-order valence-electron chi connectivity index (χ3n) is 6.07. The van der Waals surface area contributed by atoms with Gasteiger partial charge in [0.05, 0.1) is 6.04 Å². The monoisotopic (exact) mass is 391 g/mol. The lowest BCUT2D eigenvalue weighted by molar-refractivity contribution is -0.126. The van der Waals surface area contributed by atoms with E-state index in [1.54, 1.807) is 0 Å². The number of carbonyl (C=O) groups is 1. The number of fused-ring (bicyclic) bond motifs is 1. The van der Waals surface area contributed by atoms with Crippen molar-refractivity contribution in [2.45, 2.75) is 38.6 Å². The number of hydrogen-bond donors (Lipinski definition) is 1. The van der Waals surface area contributed by atoms with Crippen molar-refractivity contribution in [1.29, 1.82) is 0 Å². The van der Waals surface area contributed by atoms with Gasteiger partial charge < -0.3 is 10.2 Å². The summed E-state index contributed by atoms with van der Waals surface area (Å²) in [5.41, 5.74) is 3.10. The summed E-state index contributed by atoms with van der Waals surface area (Å²) in [6.07, 6.45) is 4.05. The molecule has 1 saturated carbocycles. The van der Waals surface area contributed by atoms with E-state index in [0.29, 0.717) is 11.6 Å². The number of tetrazole rings is 1. The molecule has 8 nitrogen and oxygen atoms in total. The van der Waals surface area contributed by atoms with Crippen molar-refractivity contribution in [3.05, 3.63) is 47.5 Å². The zero-order valence-electron chi connectivity index (χ0n) is 16.5. The Hall–Kier alpha value is -3.03. The van der Waals surface area contributed by atoms with Crippen molar-refractivity contribution >= 4 is 17.4 Å². The second kappa shape index (κ2) is 7.42. The average Bonchev–Trinajstić information content (AvgIpc) is 3.49. The summed E-state index contributed by atoms with van der Waals surface area (Å²) >= 11 is 0. The van der Waals surface area contributed by atoms with Crippen molar-refractivity contribution in [2.75, 3.05) is 18.0 Å². The third-order valence-corrected chi connectivity index (χ3v) is 6.07. The van der Waals surface area contributed by atoms with Gasteiger partial charge in [0.25, 0.3) is 0 Å². The number of nitrogens with one attached hydrogen (secondary N) is 1. The van der Waals surface area contributed by atoms with Crippen molar-refractivity contribution in [3.8, 4) is 0 Å². The zero-order chi connectivity index (χ0) is 19.8. The highest BCUT2D eigenvalue weighted by Gasteiger charge is 2.35. The molecule has 3 heterocycles. The number of aromatic nitrogens is 5. The molecule has 2 aromatic heterocycles. The number of carbonyl (C=O) groups excluding carboxylic acids is 1. The van der Waals surface area contributed by atoms with E-state index in [0.717, 1.165) is 31.7 Å². The first kappa shape index (κ1) is 18.0. The van der Waals surface area contributed by atoms with E-state index in [4.69, 9.17) is 0 Å². The number of nitrogens with zero attached hydrogens (tertiary/aromatic N) is 6. The Kier molecular flexibility index (Phi) is 4.61. The van der Waals surface area contributed by atoms with Crippen molar-refractivity contribution < 1.29 is 4.79 Å². The van der Waals surface area contributed by atoms with E-state index >= 15 is 0 Å². The summed E-state index contributed by atoms with van der Waals surface area (Å²) < 4.78 is 1.44. The Labute approximate surface area is 169 Å². The molecule has 1 N–H and O–H groups in total. The summed E-state index contributed by atoms with van der Waals surface area (Å²) in [6, 6.07) is 12.5. The maximum absolute atomic E-state index is 13.0. The minimum absolute atomic E-state index is 0.0507. The van der Waals surface area contributed by atoms with Crippen LogP contribution in [0.1, 0.15) is 42.9 Å². The van der Waals surface area contributed by atoms with Gasteiger partial charge in [0, 0.05) is 19.0 Å². The van der Waals surface area contributed by atoms with Crippen molar-refractivity contribution in [3.63, 3.8) is 0 Å². The molecular weight excluding hydrogens is 366 g/mol. The van der Waals surface area contributed by atoms with Gasteiger partial charge in [0.2, 0.25) is 5.91 Å². The molecule has 1 aromatic carbocycles. The molecule has 1 amide bonds. The topological polar surface area (TPSA) is 88.3 Å². The van der Waals surface area contributed by atoms with Gasteiger partial charge in [0.15, 0.2) is 11.5 Å². The highest BCUT2D eigenvalue weighted by Crippen LogP contribution is 2.41. The van der Waals surface area contributed by atoms with Crippen LogP contribution >= 0.6 is 0 Å². The van der Waals surface area contributed by atoms with Gasteiger partial charge in [-0.1, -0.05) is 29.8 Å². The van der Waals surface area contributed by atoms with Crippen molar-refractivity contribution in [1.82, 2.24) is 30.6 Å². The lowest BCUT2D eigenvalue weighted by Crippen LogP contribution is -2.42. The molecule has 29 heavy (non-hydrogen) atoms. The van der Waals surface area contributed by atoms with Crippen LogP contribution < -0.4 is 10.2 Å². The first-order valence-electron chi connectivity index (χ1n) is 10.3. The van der Waals surface area contributed by atoms with E-state index < -0.39 is 0 Å². The first-order chi connectivity index (χ1) is 14.2. The van der Waals surface area contributed by atoms with E-state index in [2.05, 4.69) is 62.0 Å². The molecule has 0 radical (unpaired) electrons. The van der Waals surface area contributed by atoms with Gasteiger partial charge in [-0.3, -0.25) is 4.79 Å². The second-order valence-electron chi connectivity index (χ2n) is 8.21. The van der Waals surface area contributed by atoms with Crippen LogP contribution in [0.4, 0.5) is 5.82 Å². The molecule has 8 heteroatoms. The lowest BCUT2D eigenvalue weighted by atomic mass is 9.94. The summed E-state index contributed by atoms with van der Waals surface area (Å²) in [5, 5.41) is 19.2. The van der Waals surface area contributed by atoms with Crippen LogP contribution in [0.15, 0.2) is 36.4 Å². The lowest BCUT2D eigenvalue weighted by Gasteiger charge is -2.32. The van der Waals surface area contributed by atoms with Crippen LogP contribution in [0.3, 0.4) is 0 Å². The Balaban J connectivity index is 1.21. The van der Waals surface area contributed by atoms with E-state index in [1.165, 1.54) is 28.6 Å². The van der Waals surface area contributed by atoms with Crippen LogP contribution in [0, 0.1) is 18.8 Å². The summed E-state index contributed by atoms with van der Waals surface area (Å²) in [7, 11) is 0. The molecule has 3 aromatic rings. The van der Waals surface area contributed by atoms with Crippen LogP contribution in [0.25, 0.3) is 5.65 Å². The Morgan fingerprint density at radius 2 is 1.83 bits per heavy atom. The molecule has 150 valence electrons. The summed E-state index contributed by atoms with van der Waals surface area (Å²) in [5.74, 6) is 1.66. The van der Waals surface area contributed by atoms with Gasteiger partial charge in [-0.05, 0) is 66.6 Å². The largest absolute Gasteiger partial charge is 0.355 e. The summed E-state index contributed by atoms with van der Waals surface area (Å²) in [4.78, 5) is 15.2. The zero-order valence-corrected chi connectivity index (χ0v) is 16.5. The number of anilines is 1. The summed E-state index contributed by atoms with van der Waals surface area (Å²) in [6.45, 7) is 3.70.